The Hall–Kier alpha value is -2.77. The van der Waals surface area contributed by atoms with Gasteiger partial charge in [0.25, 0.3) is 0 Å². The maximum absolute atomic E-state index is 5.33. The Labute approximate surface area is 162 Å². The molecule has 0 aromatic heterocycles. The first-order valence-electron chi connectivity index (χ1n) is 9.05. The van der Waals surface area contributed by atoms with Gasteiger partial charge in [0.15, 0.2) is 6.73 Å². The number of anilines is 1. The first-order valence-corrected chi connectivity index (χ1v) is 10.4. The zero-order valence-electron chi connectivity index (χ0n) is 15.4. The smallest absolute Gasteiger partial charge is 0.161 e. The van der Waals surface area contributed by atoms with E-state index in [1.54, 1.807) is 6.26 Å². The summed E-state index contributed by atoms with van der Waals surface area (Å²) in [6.07, 6.45) is 3.75. The lowest BCUT2D eigenvalue weighted by Gasteiger charge is -2.30. The topological polar surface area (TPSA) is 15.7 Å². The summed E-state index contributed by atoms with van der Waals surface area (Å²) in [6.45, 7) is 1.40. The van der Waals surface area contributed by atoms with Gasteiger partial charge in [-0.05, 0) is 24.6 Å². The quantitative estimate of drug-likeness (QED) is 0.613. The van der Waals surface area contributed by atoms with Crippen molar-refractivity contribution in [3.63, 3.8) is 0 Å². The SMILES string of the molecule is CN(CN1C=COC1)c1ccccc1P(c1ccccc1)c1ccccc1. The molecule has 1 heterocycles. The normalized spacial score (nSPS) is 13.0. The van der Waals surface area contributed by atoms with Crippen LogP contribution in [0.25, 0.3) is 0 Å². The van der Waals surface area contributed by atoms with E-state index in [0.717, 1.165) is 6.67 Å². The third-order valence-electron chi connectivity index (χ3n) is 4.56. The third-order valence-corrected chi connectivity index (χ3v) is 7.05. The zero-order chi connectivity index (χ0) is 18.5. The molecular formula is C23H23N2OP. The highest BCUT2D eigenvalue weighted by molar-refractivity contribution is 7.80. The summed E-state index contributed by atoms with van der Waals surface area (Å²) >= 11 is 0. The predicted molar refractivity (Wildman–Crippen MR) is 115 cm³/mol. The van der Waals surface area contributed by atoms with Gasteiger partial charge in [-0.15, -0.1) is 0 Å². The molecule has 4 heteroatoms. The van der Waals surface area contributed by atoms with Gasteiger partial charge in [0, 0.05) is 24.2 Å². The maximum Gasteiger partial charge on any atom is 0.161 e. The molecule has 0 bridgehead atoms. The van der Waals surface area contributed by atoms with E-state index in [1.807, 2.05) is 6.20 Å². The van der Waals surface area contributed by atoms with Crippen molar-refractivity contribution < 1.29 is 4.74 Å². The van der Waals surface area contributed by atoms with Gasteiger partial charge in [-0.3, -0.25) is 0 Å². The van der Waals surface area contributed by atoms with Gasteiger partial charge in [-0.25, -0.2) is 0 Å². The second-order valence-electron chi connectivity index (χ2n) is 6.50. The summed E-state index contributed by atoms with van der Waals surface area (Å²) in [5.74, 6) is 0. The number of ether oxygens (including phenoxy) is 1. The van der Waals surface area contributed by atoms with Crippen molar-refractivity contribution in [3.05, 3.63) is 97.4 Å². The van der Waals surface area contributed by atoms with Crippen molar-refractivity contribution in [2.24, 2.45) is 0 Å². The molecule has 27 heavy (non-hydrogen) atoms. The average Bonchev–Trinajstić information content (AvgIpc) is 3.23. The maximum atomic E-state index is 5.33. The molecule has 0 saturated heterocycles. The Balaban J connectivity index is 1.75. The summed E-state index contributed by atoms with van der Waals surface area (Å²) in [5.41, 5.74) is 1.26. The van der Waals surface area contributed by atoms with Crippen LogP contribution in [-0.2, 0) is 4.74 Å². The zero-order valence-corrected chi connectivity index (χ0v) is 16.3. The van der Waals surface area contributed by atoms with E-state index in [0.29, 0.717) is 6.73 Å². The standard InChI is InChI=1S/C23H23N2OP/c1-24(18-25-16-17-26-19-25)22-14-8-9-15-23(22)27(20-10-4-2-5-11-20)21-12-6-3-7-13-21/h2-17H,18-19H2,1H3. The van der Waals surface area contributed by atoms with Crippen LogP contribution in [0.3, 0.4) is 0 Å². The van der Waals surface area contributed by atoms with Crippen LogP contribution in [0.4, 0.5) is 5.69 Å². The van der Waals surface area contributed by atoms with Crippen LogP contribution in [0.2, 0.25) is 0 Å². The van der Waals surface area contributed by atoms with E-state index >= 15 is 0 Å². The first-order chi connectivity index (χ1) is 13.3. The molecule has 3 nitrogen and oxygen atoms in total. The Morgan fingerprint density at radius 2 is 1.44 bits per heavy atom. The second-order valence-corrected chi connectivity index (χ2v) is 8.69. The molecule has 3 aromatic rings. The van der Waals surface area contributed by atoms with Gasteiger partial charge < -0.3 is 14.5 Å². The van der Waals surface area contributed by atoms with Gasteiger partial charge in [-0.2, -0.15) is 0 Å². The van der Waals surface area contributed by atoms with E-state index in [9.17, 15) is 0 Å². The average molecular weight is 374 g/mol. The van der Waals surface area contributed by atoms with Crippen LogP contribution in [0.15, 0.2) is 97.4 Å². The van der Waals surface area contributed by atoms with E-state index in [1.165, 1.54) is 21.6 Å². The summed E-state index contributed by atoms with van der Waals surface area (Å²) < 4.78 is 5.33. The van der Waals surface area contributed by atoms with Gasteiger partial charge in [-0.1, -0.05) is 78.9 Å². The molecule has 0 fully saturated rings. The minimum Gasteiger partial charge on any atom is -0.479 e. The molecule has 0 radical (unpaired) electrons. The number of para-hydroxylation sites is 1. The largest absolute Gasteiger partial charge is 0.479 e. The van der Waals surface area contributed by atoms with Crippen LogP contribution >= 0.6 is 7.92 Å². The number of hydrogen-bond acceptors (Lipinski definition) is 3. The molecule has 0 amide bonds. The molecule has 3 aromatic carbocycles. The highest BCUT2D eigenvalue weighted by atomic mass is 31.1. The molecule has 0 atom stereocenters. The van der Waals surface area contributed by atoms with Crippen molar-refractivity contribution in [1.29, 1.82) is 0 Å². The number of hydrogen-bond donors (Lipinski definition) is 0. The minimum absolute atomic E-state index is 0.610. The van der Waals surface area contributed by atoms with E-state index < -0.39 is 7.92 Å². The van der Waals surface area contributed by atoms with E-state index in [4.69, 9.17) is 4.74 Å². The molecule has 0 unspecified atom stereocenters. The molecule has 0 spiro atoms. The van der Waals surface area contributed by atoms with Crippen molar-refractivity contribution in [2.75, 3.05) is 25.3 Å². The number of rotatable bonds is 6. The summed E-state index contributed by atoms with van der Waals surface area (Å²) in [6, 6.07) is 30.4. The molecule has 0 saturated carbocycles. The monoisotopic (exact) mass is 374 g/mol. The van der Waals surface area contributed by atoms with Crippen molar-refractivity contribution in [1.82, 2.24) is 4.90 Å². The lowest BCUT2D eigenvalue weighted by Crippen LogP contribution is -2.35. The lowest BCUT2D eigenvalue weighted by atomic mass is 10.3. The predicted octanol–water partition coefficient (Wildman–Crippen LogP) is 3.60. The summed E-state index contributed by atoms with van der Waals surface area (Å²) in [5, 5.41) is 4.10. The summed E-state index contributed by atoms with van der Waals surface area (Å²) in [4.78, 5) is 4.46. The summed E-state index contributed by atoms with van der Waals surface area (Å²) in [7, 11) is 1.52. The van der Waals surface area contributed by atoms with Crippen LogP contribution < -0.4 is 20.8 Å². The van der Waals surface area contributed by atoms with Gasteiger partial charge in [0.1, 0.15) is 6.26 Å². The Morgan fingerprint density at radius 3 is 2.04 bits per heavy atom. The minimum atomic E-state index is -0.627. The first kappa shape index (κ1) is 17.6. The van der Waals surface area contributed by atoms with Crippen LogP contribution in [0.5, 0.6) is 0 Å². The van der Waals surface area contributed by atoms with Crippen LogP contribution in [-0.4, -0.2) is 25.3 Å². The van der Waals surface area contributed by atoms with E-state index in [-0.39, 0.29) is 0 Å². The molecule has 0 aliphatic carbocycles. The number of benzene rings is 3. The van der Waals surface area contributed by atoms with Gasteiger partial charge in [0.05, 0.1) is 6.67 Å². The Kier molecular flexibility index (Phi) is 5.41. The molecule has 0 N–H and O–H groups in total. The molecule has 136 valence electrons. The fourth-order valence-corrected chi connectivity index (χ4v) is 5.81. The van der Waals surface area contributed by atoms with Gasteiger partial charge >= 0.3 is 0 Å². The van der Waals surface area contributed by atoms with Gasteiger partial charge in [0.2, 0.25) is 0 Å². The van der Waals surface area contributed by atoms with Crippen molar-refractivity contribution >= 4 is 29.5 Å². The van der Waals surface area contributed by atoms with Crippen molar-refractivity contribution in [3.8, 4) is 0 Å². The lowest BCUT2D eigenvalue weighted by molar-refractivity contribution is 0.172. The van der Waals surface area contributed by atoms with Crippen LogP contribution in [0.1, 0.15) is 0 Å². The number of nitrogens with zero attached hydrogens (tertiary/aromatic N) is 2. The Morgan fingerprint density at radius 1 is 0.852 bits per heavy atom. The fourth-order valence-electron chi connectivity index (χ4n) is 3.30. The molecular weight excluding hydrogens is 351 g/mol. The van der Waals surface area contributed by atoms with Crippen LogP contribution in [0, 0.1) is 0 Å². The highest BCUT2D eigenvalue weighted by Crippen LogP contribution is 2.36. The second kappa shape index (κ2) is 8.28. The molecule has 4 rings (SSSR count). The Bertz CT molecular complexity index is 859. The van der Waals surface area contributed by atoms with Crippen molar-refractivity contribution in [2.45, 2.75) is 0 Å². The highest BCUT2D eigenvalue weighted by Gasteiger charge is 2.21. The third kappa shape index (κ3) is 3.99. The fraction of sp³-hybridized carbons (Fsp3) is 0.130. The molecule has 1 aliphatic heterocycles. The molecule has 1 aliphatic rings. The van der Waals surface area contributed by atoms with E-state index in [2.05, 4.69) is 102 Å².